The zero-order valence-corrected chi connectivity index (χ0v) is 19.2. The predicted octanol–water partition coefficient (Wildman–Crippen LogP) is 5.90. The third-order valence-corrected chi connectivity index (χ3v) is 7.35. The Hall–Kier alpha value is -3.15. The highest BCUT2D eigenvalue weighted by atomic mass is 19.1. The molecule has 1 fully saturated rings. The molecular weight excluding hydrogens is 415 g/mol. The highest BCUT2D eigenvalue weighted by Gasteiger charge is 2.47. The molecule has 6 heteroatoms. The van der Waals surface area contributed by atoms with E-state index in [1.807, 2.05) is 0 Å². The van der Waals surface area contributed by atoms with Gasteiger partial charge in [-0.25, -0.2) is 4.39 Å². The quantitative estimate of drug-likeness (QED) is 0.519. The zero-order chi connectivity index (χ0) is 23.4. The Labute approximate surface area is 194 Å². The molecule has 2 N–H and O–H groups in total. The van der Waals surface area contributed by atoms with Crippen LogP contribution in [-0.4, -0.2) is 28.9 Å². The van der Waals surface area contributed by atoms with Gasteiger partial charge in [-0.1, -0.05) is 19.4 Å². The summed E-state index contributed by atoms with van der Waals surface area (Å²) in [5, 5.41) is 11.2. The number of halogens is 1. The number of benzene rings is 1. The smallest absolute Gasteiger partial charge is 0.253 e. The molecule has 0 spiro atoms. The first kappa shape index (κ1) is 23.0. The first-order valence-corrected chi connectivity index (χ1v) is 11.7. The van der Waals surface area contributed by atoms with E-state index in [9.17, 15) is 9.18 Å². The number of aromatic nitrogens is 1. The molecule has 0 bridgehead atoms. The number of nitrogens with one attached hydrogen (secondary N) is 2. The van der Waals surface area contributed by atoms with Crippen molar-refractivity contribution < 1.29 is 9.18 Å². The summed E-state index contributed by atoms with van der Waals surface area (Å²) in [7, 11) is 0. The second-order valence-corrected chi connectivity index (χ2v) is 9.37. The number of amides is 1. The molecule has 2 aliphatic carbocycles. The van der Waals surface area contributed by atoms with Gasteiger partial charge in [0.2, 0.25) is 0 Å². The van der Waals surface area contributed by atoms with Gasteiger partial charge >= 0.3 is 0 Å². The average Bonchev–Trinajstić information content (AvgIpc) is 3.14. The van der Waals surface area contributed by atoms with Crippen molar-refractivity contribution in [2.45, 2.75) is 52.0 Å². The van der Waals surface area contributed by atoms with Gasteiger partial charge in [-0.3, -0.25) is 14.8 Å². The summed E-state index contributed by atoms with van der Waals surface area (Å²) < 4.78 is 13.3. The molecule has 1 amide bonds. The van der Waals surface area contributed by atoms with E-state index < -0.39 is 0 Å². The molecule has 1 saturated carbocycles. The van der Waals surface area contributed by atoms with E-state index in [-0.39, 0.29) is 29.1 Å². The summed E-state index contributed by atoms with van der Waals surface area (Å²) >= 11 is 0. The zero-order valence-electron chi connectivity index (χ0n) is 19.2. The summed E-state index contributed by atoms with van der Waals surface area (Å²) in [6.07, 6.45) is 11.6. The maximum Gasteiger partial charge on any atom is 0.253 e. The lowest BCUT2D eigenvalue weighted by Crippen LogP contribution is -2.40. The van der Waals surface area contributed by atoms with Gasteiger partial charge in [0.1, 0.15) is 5.82 Å². The fraction of sp³-hybridized carbons (Fsp3) is 0.407. The molecule has 172 valence electrons. The van der Waals surface area contributed by atoms with Gasteiger partial charge in [-0.2, -0.15) is 0 Å². The molecule has 4 unspecified atom stereocenters. The molecule has 5 nitrogen and oxygen atoms in total. The van der Waals surface area contributed by atoms with Crippen LogP contribution in [-0.2, 0) is 0 Å². The van der Waals surface area contributed by atoms with E-state index in [0.29, 0.717) is 17.2 Å². The van der Waals surface area contributed by atoms with Crippen molar-refractivity contribution in [2.75, 3.05) is 0 Å². The topological polar surface area (TPSA) is 78.2 Å². The summed E-state index contributed by atoms with van der Waals surface area (Å²) in [5.74, 6) is -0.00682. The largest absolute Gasteiger partial charge is 0.349 e. The number of hydrogen-bond donors (Lipinski definition) is 2. The SMILES string of the molecule is CCC(CC1CCC2=CC(=Nc3ccc(F)cc3)C(C=N)CC21C)NC(=O)c1cccnc1. The van der Waals surface area contributed by atoms with Crippen LogP contribution in [0, 0.1) is 28.5 Å². The fourth-order valence-electron chi connectivity index (χ4n) is 5.32. The minimum absolute atomic E-state index is 0.0174. The maximum absolute atomic E-state index is 13.3. The molecule has 33 heavy (non-hydrogen) atoms. The van der Waals surface area contributed by atoms with E-state index in [2.05, 4.69) is 30.2 Å². The normalized spacial score (nSPS) is 26.4. The molecule has 0 aliphatic heterocycles. The van der Waals surface area contributed by atoms with E-state index in [0.717, 1.165) is 37.8 Å². The van der Waals surface area contributed by atoms with Crippen LogP contribution in [0.25, 0.3) is 0 Å². The number of carbonyl (C=O) groups is 1. The maximum atomic E-state index is 13.3. The van der Waals surface area contributed by atoms with Gasteiger partial charge in [0.15, 0.2) is 0 Å². The Morgan fingerprint density at radius 2 is 2.15 bits per heavy atom. The molecular formula is C27H31FN4O. The van der Waals surface area contributed by atoms with Gasteiger partial charge in [0.05, 0.1) is 11.3 Å². The third kappa shape index (κ3) is 4.95. The minimum Gasteiger partial charge on any atom is -0.349 e. The molecule has 4 rings (SSSR count). The predicted molar refractivity (Wildman–Crippen MR) is 130 cm³/mol. The van der Waals surface area contributed by atoms with Gasteiger partial charge in [0, 0.05) is 36.3 Å². The third-order valence-electron chi connectivity index (χ3n) is 7.35. The van der Waals surface area contributed by atoms with Crippen molar-refractivity contribution >= 4 is 23.5 Å². The number of fused-ring (bicyclic) bond motifs is 1. The minimum atomic E-state index is -0.281. The van der Waals surface area contributed by atoms with Crippen LogP contribution < -0.4 is 5.32 Å². The Kier molecular flexibility index (Phi) is 6.82. The first-order valence-electron chi connectivity index (χ1n) is 11.7. The molecule has 2 aliphatic rings. The van der Waals surface area contributed by atoms with Crippen LogP contribution in [0.15, 0.2) is 65.4 Å². The Balaban J connectivity index is 1.51. The van der Waals surface area contributed by atoms with E-state index in [1.54, 1.807) is 36.7 Å². The Morgan fingerprint density at radius 1 is 1.36 bits per heavy atom. The summed E-state index contributed by atoms with van der Waals surface area (Å²) in [6.45, 7) is 4.41. The molecule has 1 aromatic carbocycles. The number of pyridine rings is 1. The molecule has 1 heterocycles. The summed E-state index contributed by atoms with van der Waals surface area (Å²) in [6, 6.07) is 9.81. The molecule has 4 atom stereocenters. The summed E-state index contributed by atoms with van der Waals surface area (Å²) in [4.78, 5) is 21.4. The number of carbonyl (C=O) groups excluding carboxylic acids is 1. The fourth-order valence-corrected chi connectivity index (χ4v) is 5.32. The lowest BCUT2D eigenvalue weighted by Gasteiger charge is -2.40. The molecule has 2 aromatic rings. The van der Waals surface area contributed by atoms with Gasteiger partial charge < -0.3 is 10.7 Å². The van der Waals surface area contributed by atoms with Crippen molar-refractivity contribution in [1.29, 1.82) is 5.41 Å². The van der Waals surface area contributed by atoms with Crippen molar-refractivity contribution in [1.82, 2.24) is 10.3 Å². The Morgan fingerprint density at radius 3 is 2.82 bits per heavy atom. The van der Waals surface area contributed by atoms with E-state index in [1.165, 1.54) is 23.9 Å². The highest BCUT2D eigenvalue weighted by Crippen LogP contribution is 2.55. The average molecular weight is 447 g/mol. The van der Waals surface area contributed by atoms with Crippen molar-refractivity contribution in [3.63, 3.8) is 0 Å². The van der Waals surface area contributed by atoms with Crippen LogP contribution in [0.5, 0.6) is 0 Å². The number of rotatable bonds is 7. The highest BCUT2D eigenvalue weighted by molar-refractivity contribution is 6.08. The van der Waals surface area contributed by atoms with Crippen LogP contribution in [0.3, 0.4) is 0 Å². The standard InChI is InChI=1S/C27H31FN4O/c1-3-23(32-26(33)18-5-4-12-30-17-18)13-20-6-7-21-14-25(19(16-29)15-27(20,21)2)31-24-10-8-22(28)9-11-24/h4-5,8-12,14,16-17,19-20,23,29H,3,6-7,13,15H2,1-2H3,(H,32,33). The van der Waals surface area contributed by atoms with Crippen LogP contribution >= 0.6 is 0 Å². The first-order chi connectivity index (χ1) is 15.9. The van der Waals surface area contributed by atoms with Crippen LogP contribution in [0.2, 0.25) is 0 Å². The molecule has 0 radical (unpaired) electrons. The lowest BCUT2D eigenvalue weighted by atomic mass is 9.65. The second kappa shape index (κ2) is 9.77. The molecule has 1 aromatic heterocycles. The van der Waals surface area contributed by atoms with E-state index in [4.69, 9.17) is 10.4 Å². The Bertz CT molecular complexity index is 1060. The monoisotopic (exact) mass is 446 g/mol. The number of aliphatic imine (C=N–C) groups is 1. The van der Waals surface area contributed by atoms with Gasteiger partial charge in [0.25, 0.3) is 5.91 Å². The van der Waals surface area contributed by atoms with Gasteiger partial charge in [-0.05, 0) is 85.9 Å². The van der Waals surface area contributed by atoms with Crippen molar-refractivity contribution in [2.24, 2.45) is 22.2 Å². The van der Waals surface area contributed by atoms with Crippen LogP contribution in [0.4, 0.5) is 10.1 Å². The number of allylic oxidation sites excluding steroid dienone is 2. The van der Waals surface area contributed by atoms with Crippen LogP contribution in [0.1, 0.15) is 56.3 Å². The second-order valence-electron chi connectivity index (χ2n) is 9.37. The number of nitrogens with zero attached hydrogens (tertiary/aromatic N) is 2. The van der Waals surface area contributed by atoms with Crippen molar-refractivity contribution in [3.05, 3.63) is 71.8 Å². The number of hydrogen-bond acceptors (Lipinski definition) is 4. The van der Waals surface area contributed by atoms with Gasteiger partial charge in [-0.15, -0.1) is 0 Å². The van der Waals surface area contributed by atoms with E-state index >= 15 is 0 Å². The van der Waals surface area contributed by atoms with Crippen molar-refractivity contribution in [3.8, 4) is 0 Å². The molecule has 0 saturated heterocycles. The lowest BCUT2D eigenvalue weighted by molar-refractivity contribution is 0.0920. The summed E-state index contributed by atoms with van der Waals surface area (Å²) in [5.41, 5.74) is 3.52.